The molecule has 1 aromatic heterocycles. The fraction of sp³-hybridized carbons (Fsp3) is 0.375. The summed E-state index contributed by atoms with van der Waals surface area (Å²) in [6.07, 6.45) is 0.0395. The van der Waals surface area contributed by atoms with Gasteiger partial charge in [0.15, 0.2) is 0 Å². The number of nitrogens with two attached hydrogens (primary N) is 1. The highest BCUT2D eigenvalue weighted by Crippen LogP contribution is 2.26. The third-order valence-corrected chi connectivity index (χ3v) is 2.05. The average molecular weight is 260 g/mol. The first kappa shape index (κ1) is 13.1. The maximum Gasteiger partial charge on any atom is 0.332 e. The SMILES string of the molecule is Cc1nc(Cl)nc(NCCC(N)=O)c1[N+](=O)[O-]. The summed E-state index contributed by atoms with van der Waals surface area (Å²) in [6, 6.07) is 0. The summed E-state index contributed by atoms with van der Waals surface area (Å²) in [7, 11) is 0. The first-order chi connectivity index (χ1) is 7.91. The van der Waals surface area contributed by atoms with E-state index in [9.17, 15) is 14.9 Å². The number of primary amides is 1. The van der Waals surface area contributed by atoms with E-state index in [4.69, 9.17) is 17.3 Å². The minimum atomic E-state index is -0.613. The van der Waals surface area contributed by atoms with Crippen molar-refractivity contribution in [1.82, 2.24) is 9.97 Å². The molecule has 0 radical (unpaired) electrons. The minimum absolute atomic E-state index is 0.0197. The summed E-state index contributed by atoms with van der Waals surface area (Å²) in [5, 5.41) is 13.3. The number of nitrogens with zero attached hydrogens (tertiary/aromatic N) is 3. The molecular weight excluding hydrogens is 250 g/mol. The molecule has 1 heterocycles. The van der Waals surface area contributed by atoms with Crippen LogP contribution in [0.5, 0.6) is 0 Å². The van der Waals surface area contributed by atoms with Crippen LogP contribution in [-0.4, -0.2) is 27.3 Å². The molecule has 0 saturated heterocycles. The van der Waals surface area contributed by atoms with Gasteiger partial charge in [-0.2, -0.15) is 4.98 Å². The van der Waals surface area contributed by atoms with Gasteiger partial charge in [0.25, 0.3) is 0 Å². The van der Waals surface area contributed by atoms with Gasteiger partial charge in [-0.3, -0.25) is 14.9 Å². The third-order valence-electron chi connectivity index (χ3n) is 1.88. The number of carbonyl (C=O) groups excluding carboxylic acids is 1. The van der Waals surface area contributed by atoms with E-state index in [1.54, 1.807) is 0 Å². The summed E-state index contributed by atoms with van der Waals surface area (Å²) in [6.45, 7) is 1.59. The summed E-state index contributed by atoms with van der Waals surface area (Å²) >= 11 is 5.59. The molecule has 0 unspecified atom stereocenters. The Bertz CT molecular complexity index is 465. The number of hydrogen-bond donors (Lipinski definition) is 2. The van der Waals surface area contributed by atoms with Crippen molar-refractivity contribution in [3.63, 3.8) is 0 Å². The molecule has 9 heteroatoms. The Hall–Kier alpha value is -1.96. The predicted molar refractivity (Wildman–Crippen MR) is 60.7 cm³/mol. The first-order valence-electron chi connectivity index (χ1n) is 4.62. The molecule has 0 aliphatic rings. The van der Waals surface area contributed by atoms with Gasteiger partial charge >= 0.3 is 5.69 Å². The summed E-state index contributed by atoms with van der Waals surface area (Å²) in [5.41, 5.74) is 4.83. The van der Waals surface area contributed by atoms with Crippen LogP contribution in [0.3, 0.4) is 0 Å². The maximum absolute atomic E-state index is 10.8. The number of nitro groups is 1. The summed E-state index contributed by atoms with van der Waals surface area (Å²) < 4.78 is 0. The van der Waals surface area contributed by atoms with Crippen LogP contribution in [0.1, 0.15) is 12.1 Å². The molecule has 8 nitrogen and oxygen atoms in total. The van der Waals surface area contributed by atoms with Crippen molar-refractivity contribution >= 4 is 29.0 Å². The molecule has 0 aliphatic carbocycles. The largest absolute Gasteiger partial charge is 0.370 e. The highest BCUT2D eigenvalue weighted by Gasteiger charge is 2.21. The van der Waals surface area contributed by atoms with Gasteiger partial charge in [0.05, 0.1) is 4.92 Å². The van der Waals surface area contributed by atoms with Crippen LogP contribution in [0.15, 0.2) is 0 Å². The Morgan fingerprint density at radius 1 is 1.59 bits per heavy atom. The molecule has 1 rings (SSSR count). The topological polar surface area (TPSA) is 124 Å². The fourth-order valence-corrected chi connectivity index (χ4v) is 1.39. The monoisotopic (exact) mass is 259 g/mol. The molecule has 0 saturated carbocycles. The molecule has 1 amide bonds. The van der Waals surface area contributed by atoms with E-state index in [-0.39, 0.29) is 35.4 Å². The van der Waals surface area contributed by atoms with Crippen LogP contribution in [0.2, 0.25) is 5.28 Å². The quantitative estimate of drug-likeness (QED) is 0.454. The van der Waals surface area contributed by atoms with Gasteiger partial charge in [-0.25, -0.2) is 4.98 Å². The Kier molecular flexibility index (Phi) is 4.16. The Labute approximate surface area is 101 Å². The maximum atomic E-state index is 10.8. The molecular formula is C8H10ClN5O3. The van der Waals surface area contributed by atoms with Gasteiger partial charge in [0, 0.05) is 13.0 Å². The van der Waals surface area contributed by atoms with E-state index in [2.05, 4.69) is 15.3 Å². The van der Waals surface area contributed by atoms with E-state index in [1.165, 1.54) is 6.92 Å². The number of nitrogens with one attached hydrogen (secondary N) is 1. The lowest BCUT2D eigenvalue weighted by Gasteiger charge is -2.06. The molecule has 92 valence electrons. The molecule has 0 aromatic carbocycles. The van der Waals surface area contributed by atoms with Crippen molar-refractivity contribution < 1.29 is 9.72 Å². The van der Waals surface area contributed by atoms with Gasteiger partial charge in [-0.05, 0) is 18.5 Å². The standard InChI is InChI=1S/C8H10ClN5O3/c1-4-6(14(16)17)7(13-8(9)12-4)11-3-2-5(10)15/h2-3H2,1H3,(H2,10,15)(H,11,12,13). The average Bonchev–Trinajstić information content (AvgIpc) is 2.14. The van der Waals surface area contributed by atoms with Crippen LogP contribution in [0.25, 0.3) is 0 Å². The molecule has 1 aromatic rings. The lowest BCUT2D eigenvalue weighted by Crippen LogP contribution is -2.17. The number of aromatic nitrogens is 2. The number of aryl methyl sites for hydroxylation is 1. The zero-order valence-corrected chi connectivity index (χ0v) is 9.69. The van der Waals surface area contributed by atoms with E-state index >= 15 is 0 Å². The van der Waals surface area contributed by atoms with Crippen molar-refractivity contribution in [3.8, 4) is 0 Å². The van der Waals surface area contributed by atoms with Crippen molar-refractivity contribution in [2.75, 3.05) is 11.9 Å². The molecule has 0 spiro atoms. The molecule has 3 N–H and O–H groups in total. The fourth-order valence-electron chi connectivity index (χ4n) is 1.18. The Morgan fingerprint density at radius 2 is 2.24 bits per heavy atom. The lowest BCUT2D eigenvalue weighted by molar-refractivity contribution is -0.385. The zero-order valence-electron chi connectivity index (χ0n) is 8.94. The van der Waals surface area contributed by atoms with E-state index in [0.717, 1.165) is 0 Å². The number of carbonyl (C=O) groups is 1. The lowest BCUT2D eigenvalue weighted by atomic mass is 10.3. The van der Waals surface area contributed by atoms with E-state index in [1.807, 2.05) is 0 Å². The highest BCUT2D eigenvalue weighted by molar-refractivity contribution is 6.28. The number of hydrogen-bond acceptors (Lipinski definition) is 6. The first-order valence-corrected chi connectivity index (χ1v) is 5.00. The Morgan fingerprint density at radius 3 is 2.76 bits per heavy atom. The van der Waals surface area contributed by atoms with Crippen molar-refractivity contribution in [1.29, 1.82) is 0 Å². The van der Waals surface area contributed by atoms with Crippen LogP contribution < -0.4 is 11.1 Å². The second-order valence-electron chi connectivity index (χ2n) is 3.18. The summed E-state index contributed by atoms with van der Waals surface area (Å²) in [5.74, 6) is -0.536. The van der Waals surface area contributed by atoms with Crippen molar-refractivity contribution in [2.45, 2.75) is 13.3 Å². The number of anilines is 1. The summed E-state index contributed by atoms with van der Waals surface area (Å²) in [4.78, 5) is 28.1. The van der Waals surface area contributed by atoms with Gasteiger partial charge in [-0.1, -0.05) is 0 Å². The van der Waals surface area contributed by atoms with Crippen LogP contribution in [0, 0.1) is 17.0 Å². The van der Waals surface area contributed by atoms with E-state index in [0.29, 0.717) is 0 Å². The zero-order chi connectivity index (χ0) is 13.0. The van der Waals surface area contributed by atoms with E-state index < -0.39 is 10.8 Å². The minimum Gasteiger partial charge on any atom is -0.370 e. The third kappa shape index (κ3) is 3.52. The van der Waals surface area contributed by atoms with Crippen molar-refractivity contribution in [3.05, 3.63) is 21.1 Å². The number of halogens is 1. The molecule has 17 heavy (non-hydrogen) atoms. The number of amides is 1. The van der Waals surface area contributed by atoms with Gasteiger partial charge in [0.1, 0.15) is 5.69 Å². The second kappa shape index (κ2) is 5.39. The number of rotatable bonds is 5. The smallest absolute Gasteiger partial charge is 0.332 e. The van der Waals surface area contributed by atoms with Gasteiger partial charge < -0.3 is 11.1 Å². The van der Waals surface area contributed by atoms with Crippen molar-refractivity contribution in [2.24, 2.45) is 5.73 Å². The molecule has 0 fully saturated rings. The molecule has 0 aliphatic heterocycles. The van der Waals surface area contributed by atoms with Gasteiger partial charge in [0.2, 0.25) is 17.0 Å². The van der Waals surface area contributed by atoms with Gasteiger partial charge in [-0.15, -0.1) is 0 Å². The van der Waals surface area contributed by atoms with Crippen LogP contribution >= 0.6 is 11.6 Å². The highest BCUT2D eigenvalue weighted by atomic mass is 35.5. The molecule has 0 atom stereocenters. The van der Waals surface area contributed by atoms with Crippen LogP contribution in [-0.2, 0) is 4.79 Å². The van der Waals surface area contributed by atoms with Crippen LogP contribution in [0.4, 0.5) is 11.5 Å². The molecule has 0 bridgehead atoms. The predicted octanol–water partition coefficient (Wildman–Crippen LogP) is 0.634. The second-order valence-corrected chi connectivity index (χ2v) is 3.51. The normalized spacial score (nSPS) is 10.0. The Balaban J connectivity index is 2.96.